The van der Waals surface area contributed by atoms with Crippen LogP contribution in [0.1, 0.15) is 50.0 Å². The molecule has 22 heavy (non-hydrogen) atoms. The van der Waals surface area contributed by atoms with Gasteiger partial charge < -0.3 is 0 Å². The molecule has 0 aliphatic heterocycles. The van der Waals surface area contributed by atoms with Crippen molar-refractivity contribution in [3.8, 4) is 0 Å². The SMILES string of the molecule is CN(C1CCCCC1)S(=O)(=O)N[C@@H]1C[C@@H]1c1cccc(Cl)c1. The minimum atomic E-state index is -3.40. The summed E-state index contributed by atoms with van der Waals surface area (Å²) in [7, 11) is -1.69. The molecule has 0 unspecified atom stereocenters. The summed E-state index contributed by atoms with van der Waals surface area (Å²) in [4.78, 5) is 0. The van der Waals surface area contributed by atoms with Gasteiger partial charge in [-0.3, -0.25) is 0 Å². The van der Waals surface area contributed by atoms with Crippen LogP contribution in [0.25, 0.3) is 0 Å². The van der Waals surface area contributed by atoms with Gasteiger partial charge in [-0.2, -0.15) is 17.4 Å². The minimum absolute atomic E-state index is 0.00509. The second-order valence-electron chi connectivity index (χ2n) is 6.43. The largest absolute Gasteiger partial charge is 0.279 e. The Labute approximate surface area is 138 Å². The average Bonchev–Trinajstić information content (AvgIpc) is 3.26. The molecule has 2 aliphatic carbocycles. The van der Waals surface area contributed by atoms with Gasteiger partial charge in [-0.15, -0.1) is 0 Å². The molecule has 1 aromatic rings. The number of benzene rings is 1. The fourth-order valence-corrected chi connectivity index (χ4v) is 4.96. The van der Waals surface area contributed by atoms with Crippen LogP contribution in [-0.2, 0) is 10.2 Å². The number of rotatable bonds is 5. The van der Waals surface area contributed by atoms with Gasteiger partial charge in [0, 0.05) is 30.1 Å². The van der Waals surface area contributed by atoms with Gasteiger partial charge in [-0.1, -0.05) is 43.0 Å². The molecule has 2 atom stereocenters. The van der Waals surface area contributed by atoms with Crippen LogP contribution in [0.4, 0.5) is 0 Å². The van der Waals surface area contributed by atoms with E-state index in [1.165, 1.54) is 6.42 Å². The lowest BCUT2D eigenvalue weighted by molar-refractivity contribution is 0.283. The second kappa shape index (κ2) is 6.48. The van der Waals surface area contributed by atoms with E-state index in [1.807, 2.05) is 24.3 Å². The Bertz CT molecular complexity index is 629. The van der Waals surface area contributed by atoms with Gasteiger partial charge in [0.1, 0.15) is 0 Å². The first-order valence-electron chi connectivity index (χ1n) is 7.98. The first-order valence-corrected chi connectivity index (χ1v) is 9.80. The Morgan fingerprint density at radius 2 is 1.95 bits per heavy atom. The van der Waals surface area contributed by atoms with Crippen molar-refractivity contribution in [2.75, 3.05) is 7.05 Å². The van der Waals surface area contributed by atoms with Crippen molar-refractivity contribution in [2.45, 2.75) is 56.5 Å². The molecule has 3 rings (SSSR count). The van der Waals surface area contributed by atoms with Crippen LogP contribution >= 0.6 is 11.6 Å². The van der Waals surface area contributed by atoms with E-state index in [1.54, 1.807) is 11.4 Å². The maximum absolute atomic E-state index is 12.5. The molecule has 2 fully saturated rings. The Balaban J connectivity index is 1.61. The third-order valence-electron chi connectivity index (χ3n) is 4.84. The van der Waals surface area contributed by atoms with E-state index in [0.29, 0.717) is 5.02 Å². The Kier molecular flexibility index (Phi) is 4.78. The van der Waals surface area contributed by atoms with Crippen LogP contribution < -0.4 is 4.72 Å². The van der Waals surface area contributed by atoms with E-state index < -0.39 is 10.2 Å². The predicted molar refractivity (Wildman–Crippen MR) is 89.3 cm³/mol. The fraction of sp³-hybridized carbons (Fsp3) is 0.625. The number of halogens is 1. The molecular weight excluding hydrogens is 320 g/mol. The molecule has 2 saturated carbocycles. The van der Waals surface area contributed by atoms with Crippen LogP contribution in [0.5, 0.6) is 0 Å². The second-order valence-corrected chi connectivity index (χ2v) is 8.63. The highest BCUT2D eigenvalue weighted by atomic mass is 35.5. The fourth-order valence-electron chi connectivity index (χ4n) is 3.35. The van der Waals surface area contributed by atoms with E-state index in [0.717, 1.165) is 37.7 Å². The van der Waals surface area contributed by atoms with Gasteiger partial charge in [-0.25, -0.2) is 0 Å². The number of hydrogen-bond acceptors (Lipinski definition) is 2. The van der Waals surface area contributed by atoms with Crippen molar-refractivity contribution in [3.63, 3.8) is 0 Å². The van der Waals surface area contributed by atoms with Crippen molar-refractivity contribution in [3.05, 3.63) is 34.9 Å². The summed E-state index contributed by atoms with van der Waals surface area (Å²) < 4.78 is 29.4. The molecule has 0 radical (unpaired) electrons. The number of nitrogens with one attached hydrogen (secondary N) is 1. The molecule has 1 N–H and O–H groups in total. The zero-order valence-electron chi connectivity index (χ0n) is 12.8. The summed E-state index contributed by atoms with van der Waals surface area (Å²) in [6, 6.07) is 7.82. The summed E-state index contributed by atoms with van der Waals surface area (Å²) in [5.41, 5.74) is 1.11. The van der Waals surface area contributed by atoms with E-state index in [9.17, 15) is 8.42 Å². The molecule has 2 aliphatic rings. The third-order valence-corrected chi connectivity index (χ3v) is 6.73. The molecule has 0 saturated heterocycles. The molecular formula is C16H23ClN2O2S. The van der Waals surface area contributed by atoms with Crippen molar-refractivity contribution < 1.29 is 8.42 Å². The van der Waals surface area contributed by atoms with Crippen LogP contribution in [-0.4, -0.2) is 31.9 Å². The minimum Gasteiger partial charge on any atom is -0.198 e. The molecule has 0 spiro atoms. The predicted octanol–water partition coefficient (Wildman–Crippen LogP) is 3.29. The average molecular weight is 343 g/mol. The van der Waals surface area contributed by atoms with Crippen LogP contribution in [0.2, 0.25) is 5.02 Å². The van der Waals surface area contributed by atoms with E-state index in [2.05, 4.69) is 4.72 Å². The first-order chi connectivity index (χ1) is 10.5. The van der Waals surface area contributed by atoms with Crippen molar-refractivity contribution in [2.24, 2.45) is 0 Å². The Morgan fingerprint density at radius 1 is 1.23 bits per heavy atom. The zero-order valence-corrected chi connectivity index (χ0v) is 14.4. The molecule has 4 nitrogen and oxygen atoms in total. The lowest BCUT2D eigenvalue weighted by atomic mass is 9.96. The van der Waals surface area contributed by atoms with Gasteiger partial charge in [0.25, 0.3) is 10.2 Å². The van der Waals surface area contributed by atoms with Gasteiger partial charge >= 0.3 is 0 Å². The maximum Gasteiger partial charge on any atom is 0.279 e. The summed E-state index contributed by atoms with van der Waals surface area (Å²) in [6.07, 6.45) is 6.26. The lowest BCUT2D eigenvalue weighted by Crippen LogP contribution is -2.45. The van der Waals surface area contributed by atoms with Crippen LogP contribution in [0, 0.1) is 0 Å². The number of hydrogen-bond donors (Lipinski definition) is 1. The topological polar surface area (TPSA) is 49.4 Å². The monoisotopic (exact) mass is 342 g/mol. The van der Waals surface area contributed by atoms with Gasteiger partial charge in [0.2, 0.25) is 0 Å². The Hall–Kier alpha value is -0.620. The summed E-state index contributed by atoms with van der Waals surface area (Å²) in [5.74, 6) is 0.244. The lowest BCUT2D eigenvalue weighted by Gasteiger charge is -2.30. The quantitative estimate of drug-likeness (QED) is 0.892. The van der Waals surface area contributed by atoms with Gasteiger partial charge in [0.15, 0.2) is 0 Å². The molecule has 0 heterocycles. The highest BCUT2D eigenvalue weighted by Gasteiger charge is 2.42. The maximum atomic E-state index is 12.5. The van der Waals surface area contributed by atoms with Crippen LogP contribution in [0.15, 0.2) is 24.3 Å². The molecule has 0 amide bonds. The molecule has 122 valence electrons. The molecule has 0 aromatic heterocycles. The van der Waals surface area contributed by atoms with E-state index in [4.69, 9.17) is 11.6 Å². The third kappa shape index (κ3) is 3.65. The van der Waals surface area contributed by atoms with Crippen molar-refractivity contribution >= 4 is 21.8 Å². The number of nitrogens with zero attached hydrogens (tertiary/aromatic N) is 1. The van der Waals surface area contributed by atoms with Crippen LogP contribution in [0.3, 0.4) is 0 Å². The van der Waals surface area contributed by atoms with Crippen molar-refractivity contribution in [1.82, 2.24) is 9.03 Å². The molecule has 6 heteroatoms. The highest BCUT2D eigenvalue weighted by Crippen LogP contribution is 2.42. The standard InChI is InChI=1S/C16H23ClN2O2S/c1-19(14-8-3-2-4-9-14)22(20,21)18-16-11-15(16)12-6-5-7-13(17)10-12/h5-7,10,14-16,18H,2-4,8-9,11H2,1H3/t15-,16-/m1/s1. The molecule has 1 aromatic carbocycles. The van der Waals surface area contributed by atoms with Gasteiger partial charge in [-0.05, 0) is 37.0 Å². The zero-order chi connectivity index (χ0) is 15.7. The highest BCUT2D eigenvalue weighted by molar-refractivity contribution is 7.87. The first kappa shape index (κ1) is 16.2. The smallest absolute Gasteiger partial charge is 0.198 e. The van der Waals surface area contributed by atoms with Crippen molar-refractivity contribution in [1.29, 1.82) is 0 Å². The normalized spacial score (nSPS) is 26.3. The summed E-state index contributed by atoms with van der Waals surface area (Å²) >= 11 is 6.00. The van der Waals surface area contributed by atoms with E-state index in [-0.39, 0.29) is 18.0 Å². The van der Waals surface area contributed by atoms with Gasteiger partial charge in [0.05, 0.1) is 0 Å². The Morgan fingerprint density at radius 3 is 2.64 bits per heavy atom. The van der Waals surface area contributed by atoms with E-state index >= 15 is 0 Å². The summed E-state index contributed by atoms with van der Waals surface area (Å²) in [6.45, 7) is 0. The summed E-state index contributed by atoms with van der Waals surface area (Å²) in [5, 5.41) is 0.699. The molecule has 0 bridgehead atoms.